The summed E-state index contributed by atoms with van der Waals surface area (Å²) in [6.45, 7) is -0.00813. The van der Waals surface area contributed by atoms with Gasteiger partial charge in [0, 0.05) is 10.9 Å². The molecule has 2 heterocycles. The van der Waals surface area contributed by atoms with Gasteiger partial charge in [0.15, 0.2) is 0 Å². The van der Waals surface area contributed by atoms with Crippen LogP contribution in [0.5, 0.6) is 0 Å². The maximum atomic E-state index is 13.5. The first-order valence-corrected chi connectivity index (χ1v) is 8.40. The highest BCUT2D eigenvalue weighted by Crippen LogP contribution is 2.30. The number of aliphatic hydroxyl groups is 1. The Morgan fingerprint density at radius 1 is 1.44 bits per heavy atom. The first-order chi connectivity index (χ1) is 12.0. The molecule has 1 aliphatic heterocycles. The molecule has 3 atom stereocenters. The Kier molecular flexibility index (Phi) is 5.48. The molecule has 7 nitrogen and oxygen atoms in total. The molecule has 134 valence electrons. The van der Waals surface area contributed by atoms with Crippen LogP contribution in [-0.2, 0) is 16.1 Å². The van der Waals surface area contributed by atoms with Crippen molar-refractivity contribution in [2.24, 2.45) is 0 Å². The van der Waals surface area contributed by atoms with Gasteiger partial charge in [0.1, 0.15) is 12.3 Å². The lowest BCUT2D eigenvalue weighted by molar-refractivity contribution is -0.0659. The van der Waals surface area contributed by atoms with Crippen molar-refractivity contribution in [3.8, 4) is 0 Å². The number of nitrogens with zero attached hydrogens (tertiary/aromatic N) is 1. The molecule has 25 heavy (non-hydrogen) atoms. The third-order valence-electron chi connectivity index (χ3n) is 3.95. The number of halogens is 2. The largest absolute Gasteiger partial charge is 0.394 e. The molecule has 3 rings (SSSR count). The molecule has 0 amide bonds. The van der Waals surface area contributed by atoms with E-state index in [9.17, 15) is 19.1 Å². The molecule has 1 unspecified atom stereocenters. The lowest BCUT2D eigenvalue weighted by Crippen LogP contribution is -2.34. The van der Waals surface area contributed by atoms with Gasteiger partial charge in [-0.2, -0.15) is 4.39 Å². The maximum Gasteiger partial charge on any atom is 0.330 e. The van der Waals surface area contributed by atoms with Crippen molar-refractivity contribution in [2.75, 3.05) is 6.61 Å². The highest BCUT2D eigenvalue weighted by Gasteiger charge is 2.37. The minimum absolute atomic E-state index is 0.241. The molecule has 0 aliphatic carbocycles. The average Bonchev–Trinajstić information content (AvgIpc) is 2.99. The molecule has 1 aromatic heterocycles. The molecule has 1 saturated heterocycles. The summed E-state index contributed by atoms with van der Waals surface area (Å²) in [7, 11) is 0. The Labute approximate surface area is 150 Å². The van der Waals surface area contributed by atoms with Crippen LogP contribution < -0.4 is 11.2 Å². The van der Waals surface area contributed by atoms with Crippen LogP contribution in [0, 0.1) is 5.82 Å². The number of ether oxygens (including phenoxy) is 2. The molecule has 0 radical (unpaired) electrons. The van der Waals surface area contributed by atoms with Crippen LogP contribution in [0.1, 0.15) is 18.2 Å². The molecule has 1 fully saturated rings. The third kappa shape index (κ3) is 4.06. The van der Waals surface area contributed by atoms with Gasteiger partial charge in [0.05, 0.1) is 25.5 Å². The van der Waals surface area contributed by atoms with E-state index in [1.807, 2.05) is 29.2 Å². The fraction of sp³-hybridized carbons (Fsp3) is 0.375. The quantitative estimate of drug-likeness (QED) is 0.768. The summed E-state index contributed by atoms with van der Waals surface area (Å²) in [4.78, 5) is 24.9. The van der Waals surface area contributed by atoms with Crippen molar-refractivity contribution in [1.29, 1.82) is 0 Å². The molecule has 2 N–H and O–H groups in total. The number of hydrogen-bond acceptors (Lipinski definition) is 5. The number of benzene rings is 1. The van der Waals surface area contributed by atoms with Gasteiger partial charge >= 0.3 is 5.69 Å². The van der Waals surface area contributed by atoms with Crippen LogP contribution in [0.15, 0.2) is 44.5 Å². The third-order valence-corrected chi connectivity index (χ3v) is 4.44. The molecule has 0 bridgehead atoms. The van der Waals surface area contributed by atoms with Gasteiger partial charge in [0.25, 0.3) is 5.56 Å². The van der Waals surface area contributed by atoms with Crippen molar-refractivity contribution in [3.63, 3.8) is 0 Å². The number of rotatable bonds is 5. The predicted molar refractivity (Wildman–Crippen MR) is 89.6 cm³/mol. The molecular weight excluding hydrogens is 399 g/mol. The Hall–Kier alpha value is -1.81. The zero-order chi connectivity index (χ0) is 18.0. The van der Waals surface area contributed by atoms with Crippen molar-refractivity contribution in [1.82, 2.24) is 9.55 Å². The van der Waals surface area contributed by atoms with E-state index in [1.54, 1.807) is 0 Å². The molecule has 1 aromatic carbocycles. The highest BCUT2D eigenvalue weighted by atomic mass is 79.9. The number of aromatic amines is 1. The number of hydrogen-bond donors (Lipinski definition) is 2. The molecule has 0 spiro atoms. The van der Waals surface area contributed by atoms with E-state index >= 15 is 0 Å². The monoisotopic (exact) mass is 414 g/mol. The fourth-order valence-corrected chi connectivity index (χ4v) is 3.16. The maximum absolute atomic E-state index is 13.5. The van der Waals surface area contributed by atoms with Gasteiger partial charge in [-0.3, -0.25) is 14.3 Å². The number of aliphatic hydroxyl groups excluding tert-OH is 1. The zero-order valence-electron chi connectivity index (χ0n) is 13.0. The van der Waals surface area contributed by atoms with Crippen LogP contribution in [0.4, 0.5) is 4.39 Å². The second-order valence-electron chi connectivity index (χ2n) is 5.67. The Morgan fingerprint density at radius 2 is 2.24 bits per heavy atom. The van der Waals surface area contributed by atoms with Crippen LogP contribution in [0.25, 0.3) is 0 Å². The SMILES string of the molecule is O=c1[nH]c(=O)n([C@@H]2CC(OCc3cccc(Br)c3)[C@H](CO)O2)cc1F. The minimum Gasteiger partial charge on any atom is -0.394 e. The van der Waals surface area contributed by atoms with Gasteiger partial charge in [-0.15, -0.1) is 0 Å². The van der Waals surface area contributed by atoms with E-state index < -0.39 is 35.5 Å². The standard InChI is InChI=1S/C16H16BrFN2O5/c17-10-3-1-2-9(4-10)8-24-12-5-14(25-13(12)7-21)20-6-11(18)15(22)19-16(20)23/h1-4,6,12-14,21H,5,7-8H2,(H,19,22,23)/t12?,13-,14-/m0/s1. The summed E-state index contributed by atoms with van der Waals surface area (Å²) in [5, 5.41) is 9.48. The second-order valence-corrected chi connectivity index (χ2v) is 6.59. The fourth-order valence-electron chi connectivity index (χ4n) is 2.72. The van der Waals surface area contributed by atoms with Gasteiger partial charge < -0.3 is 14.6 Å². The van der Waals surface area contributed by atoms with E-state index in [-0.39, 0.29) is 13.0 Å². The summed E-state index contributed by atoms with van der Waals surface area (Å²) in [6.07, 6.45) is -0.917. The Balaban J connectivity index is 1.73. The van der Waals surface area contributed by atoms with E-state index in [2.05, 4.69) is 15.9 Å². The summed E-state index contributed by atoms with van der Waals surface area (Å²) in [5.74, 6) is -1.08. The first kappa shape index (κ1) is 18.0. The molecule has 0 saturated carbocycles. The van der Waals surface area contributed by atoms with Gasteiger partial charge in [0.2, 0.25) is 5.82 Å². The van der Waals surface area contributed by atoms with Gasteiger partial charge in [-0.1, -0.05) is 28.1 Å². The van der Waals surface area contributed by atoms with Crippen molar-refractivity contribution in [2.45, 2.75) is 31.5 Å². The van der Waals surface area contributed by atoms with E-state index in [0.717, 1.165) is 20.8 Å². The lowest BCUT2D eigenvalue weighted by Gasteiger charge is -2.16. The second kappa shape index (κ2) is 7.61. The van der Waals surface area contributed by atoms with Gasteiger partial charge in [-0.05, 0) is 17.7 Å². The zero-order valence-corrected chi connectivity index (χ0v) is 14.6. The van der Waals surface area contributed by atoms with Crippen LogP contribution in [0.2, 0.25) is 0 Å². The van der Waals surface area contributed by atoms with Crippen molar-refractivity contribution < 1.29 is 19.0 Å². The Morgan fingerprint density at radius 3 is 2.96 bits per heavy atom. The van der Waals surface area contributed by atoms with E-state index in [0.29, 0.717) is 6.61 Å². The summed E-state index contributed by atoms with van der Waals surface area (Å²) >= 11 is 3.38. The number of H-pyrrole nitrogens is 1. The van der Waals surface area contributed by atoms with E-state index in [4.69, 9.17) is 9.47 Å². The van der Waals surface area contributed by atoms with E-state index in [1.165, 1.54) is 0 Å². The number of nitrogens with one attached hydrogen (secondary N) is 1. The summed E-state index contributed by atoms with van der Waals surface area (Å²) in [5.41, 5.74) is -0.928. The van der Waals surface area contributed by atoms with Gasteiger partial charge in [-0.25, -0.2) is 4.79 Å². The molecular formula is C16H16BrFN2O5. The normalized spacial score (nSPS) is 23.1. The molecule has 9 heteroatoms. The summed E-state index contributed by atoms with van der Waals surface area (Å²) in [6, 6.07) is 7.58. The van der Waals surface area contributed by atoms with Crippen LogP contribution in [-0.4, -0.2) is 33.5 Å². The number of aromatic nitrogens is 2. The Bertz CT molecular complexity index is 868. The van der Waals surface area contributed by atoms with Crippen LogP contribution >= 0.6 is 15.9 Å². The average molecular weight is 415 g/mol. The lowest BCUT2D eigenvalue weighted by atomic mass is 10.1. The van der Waals surface area contributed by atoms with Crippen molar-refractivity contribution >= 4 is 15.9 Å². The highest BCUT2D eigenvalue weighted by molar-refractivity contribution is 9.10. The molecule has 2 aromatic rings. The first-order valence-electron chi connectivity index (χ1n) is 7.61. The minimum atomic E-state index is -1.08. The molecule has 1 aliphatic rings. The van der Waals surface area contributed by atoms with Crippen molar-refractivity contribution in [3.05, 3.63) is 67.2 Å². The topological polar surface area (TPSA) is 93.6 Å². The van der Waals surface area contributed by atoms with Crippen LogP contribution in [0.3, 0.4) is 0 Å². The predicted octanol–water partition coefficient (Wildman–Crippen LogP) is 1.30. The smallest absolute Gasteiger partial charge is 0.330 e. The summed E-state index contributed by atoms with van der Waals surface area (Å²) < 4.78 is 26.7.